The van der Waals surface area contributed by atoms with Gasteiger partial charge >= 0.3 is 0 Å². The quantitative estimate of drug-likeness (QED) is 0.115. The van der Waals surface area contributed by atoms with Crippen molar-refractivity contribution in [2.45, 2.75) is 104 Å². The van der Waals surface area contributed by atoms with Gasteiger partial charge in [0.2, 0.25) is 0 Å². The van der Waals surface area contributed by atoms with Crippen molar-refractivity contribution >= 4 is 58.3 Å². The van der Waals surface area contributed by atoms with Crippen LogP contribution in [0.25, 0.3) is 10.6 Å². The largest absolute Gasteiger partial charge is 0.686 e. The van der Waals surface area contributed by atoms with Gasteiger partial charge in [-0.15, -0.1) is 25.2 Å². The van der Waals surface area contributed by atoms with E-state index in [9.17, 15) is 0 Å². The monoisotopic (exact) mass is 634 g/mol. The number of thiocarbonyl (C=S) groups is 2. The molecule has 1 unspecified atom stereocenters. The molecule has 1 atom stereocenters. The Labute approximate surface area is 264 Å². The molecule has 2 heterocycles. The normalized spacial score (nSPS) is 15.9. The van der Waals surface area contributed by atoms with E-state index in [-0.39, 0.29) is 19.5 Å². The Bertz CT molecular complexity index is 579. The Kier molecular flexibility index (Phi) is 29.3. The number of rotatable bonds is 13. The van der Waals surface area contributed by atoms with E-state index in [0.717, 1.165) is 39.3 Å². The predicted octanol–water partition coefficient (Wildman–Crippen LogP) is 8.18. The Hall–Kier alpha value is 0.0834. The molecule has 0 aromatic rings. The van der Waals surface area contributed by atoms with Gasteiger partial charge in [0.1, 0.15) is 0 Å². The minimum absolute atomic E-state index is 0. The first kappa shape index (κ1) is 39.2. The summed E-state index contributed by atoms with van der Waals surface area (Å²) in [5.74, 6) is 0. The van der Waals surface area contributed by atoms with Crippen LogP contribution in [0.1, 0.15) is 98.3 Å². The number of unbranched alkanes of at least 4 members (excludes halogenated alkanes) is 4. The average molecular weight is 636 g/mol. The Morgan fingerprint density at radius 1 is 0.838 bits per heavy atom. The number of allylic oxidation sites excluding steroid dienone is 2. The third kappa shape index (κ3) is 21.6. The maximum Gasteiger partial charge on any atom is 0.0162 e. The fourth-order valence-corrected chi connectivity index (χ4v) is 4.40. The number of hydrogen-bond donors (Lipinski definition) is 0. The first-order valence-electron chi connectivity index (χ1n) is 14.0. The molecule has 1 saturated heterocycles. The zero-order valence-electron chi connectivity index (χ0n) is 24.0. The summed E-state index contributed by atoms with van der Waals surface area (Å²) in [5.41, 5.74) is 1.19. The Balaban J connectivity index is 0. The fraction of sp³-hybridized carbons (Fsp3) is 0.786. The summed E-state index contributed by atoms with van der Waals surface area (Å²) in [6.45, 7) is 14.8. The molecule has 0 bridgehead atoms. The van der Waals surface area contributed by atoms with E-state index in [1.165, 1.54) is 76.3 Å². The molecular formula is C28H50N4S4Zn-4. The van der Waals surface area contributed by atoms with E-state index >= 15 is 0 Å². The van der Waals surface area contributed by atoms with E-state index in [1.54, 1.807) is 0 Å². The smallest absolute Gasteiger partial charge is 0.0162 e. The SMILES string of the molecule is C1=CC[N-]C(C2CCCC[N-]2)=C1.CCCCN(CCCC)C(=S)[S-].CCCCN(CCCC)C(=S)[S-].[Zn]. The van der Waals surface area contributed by atoms with Crippen molar-refractivity contribution in [2.75, 3.05) is 39.3 Å². The molecule has 0 amide bonds. The van der Waals surface area contributed by atoms with E-state index in [4.69, 9.17) is 49.7 Å². The maximum atomic E-state index is 4.98. The summed E-state index contributed by atoms with van der Waals surface area (Å²) >= 11 is 19.9. The second-order valence-corrected chi connectivity index (χ2v) is 11.3. The van der Waals surface area contributed by atoms with E-state index in [0.29, 0.717) is 14.7 Å². The number of hydrogen-bond acceptors (Lipinski definition) is 4. The first-order valence-corrected chi connectivity index (χ1v) is 15.7. The topological polar surface area (TPSA) is 34.7 Å². The summed E-state index contributed by atoms with van der Waals surface area (Å²) < 4.78 is 1.27. The Morgan fingerprint density at radius 2 is 1.30 bits per heavy atom. The second-order valence-electron chi connectivity index (χ2n) is 9.20. The fourth-order valence-electron chi connectivity index (χ4n) is 3.67. The van der Waals surface area contributed by atoms with Crippen LogP contribution in [0.4, 0.5) is 0 Å². The van der Waals surface area contributed by atoms with E-state index in [1.807, 2.05) is 0 Å². The maximum absolute atomic E-state index is 4.98. The van der Waals surface area contributed by atoms with Crippen molar-refractivity contribution in [2.24, 2.45) is 0 Å². The molecule has 9 heteroatoms. The van der Waals surface area contributed by atoms with Crippen molar-refractivity contribution in [3.63, 3.8) is 0 Å². The average Bonchev–Trinajstić information content (AvgIpc) is 2.90. The molecule has 0 saturated carbocycles. The predicted molar refractivity (Wildman–Crippen MR) is 174 cm³/mol. The molecule has 1 fully saturated rings. The molecule has 0 aromatic carbocycles. The summed E-state index contributed by atoms with van der Waals surface area (Å²) in [5, 5.41) is 8.99. The molecule has 0 spiro atoms. The third-order valence-corrected chi connectivity index (χ3v) is 7.03. The van der Waals surface area contributed by atoms with Gasteiger partial charge in [-0.1, -0.05) is 93.4 Å². The molecular weight excluding hydrogens is 586 g/mol. The van der Waals surface area contributed by atoms with Crippen LogP contribution in [0.2, 0.25) is 0 Å². The summed E-state index contributed by atoms with van der Waals surface area (Å²) in [6.07, 6.45) is 19.7. The van der Waals surface area contributed by atoms with Gasteiger partial charge < -0.3 is 70.1 Å². The molecule has 37 heavy (non-hydrogen) atoms. The third-order valence-electron chi connectivity index (χ3n) is 6.00. The van der Waals surface area contributed by atoms with Gasteiger partial charge in [-0.2, -0.15) is 5.70 Å². The van der Waals surface area contributed by atoms with Crippen LogP contribution >= 0.6 is 24.4 Å². The molecule has 212 valence electrons. The molecule has 2 aliphatic rings. The van der Waals surface area contributed by atoms with Crippen molar-refractivity contribution in [1.82, 2.24) is 9.80 Å². The number of piperidine rings is 1. The van der Waals surface area contributed by atoms with Crippen molar-refractivity contribution in [3.05, 3.63) is 34.6 Å². The van der Waals surface area contributed by atoms with Gasteiger partial charge in [0, 0.05) is 45.7 Å². The van der Waals surface area contributed by atoms with Gasteiger partial charge in [-0.3, -0.25) is 0 Å². The molecule has 2 aliphatic heterocycles. The van der Waals surface area contributed by atoms with Gasteiger partial charge in [0.15, 0.2) is 0 Å². The summed E-state index contributed by atoms with van der Waals surface area (Å²) in [6, 6.07) is 0.406. The van der Waals surface area contributed by atoms with Crippen LogP contribution in [0, 0.1) is 0 Å². The first-order chi connectivity index (χ1) is 17.4. The molecule has 0 aliphatic carbocycles. The summed E-state index contributed by atoms with van der Waals surface area (Å²) in [4.78, 5) is 4.27. The van der Waals surface area contributed by atoms with Crippen LogP contribution in [0.3, 0.4) is 0 Å². The molecule has 0 aromatic heterocycles. The standard InChI is InChI=1S/C10H14N2.2C9H19NS2.Zn/c1-3-7-11-9(5-1)10-6-2-4-8-12-10;2*1-3-5-7-10(9(11)12)8-6-4-2;/h1,3,5,10H,2,4,6-8H2;2*3-8H2,1-2H3,(H,11,12);/q-2;;;/p-2. The van der Waals surface area contributed by atoms with Crippen LogP contribution < -0.4 is 0 Å². The van der Waals surface area contributed by atoms with Crippen LogP contribution in [-0.4, -0.2) is 63.8 Å². The molecule has 2 rings (SSSR count). The Morgan fingerprint density at radius 3 is 1.59 bits per heavy atom. The van der Waals surface area contributed by atoms with Gasteiger partial charge in [-0.25, -0.2) is 0 Å². The van der Waals surface area contributed by atoms with Gasteiger partial charge in [0.25, 0.3) is 0 Å². The van der Waals surface area contributed by atoms with Crippen molar-refractivity contribution < 1.29 is 19.5 Å². The second kappa shape index (κ2) is 27.6. The minimum atomic E-state index is 0. The van der Waals surface area contributed by atoms with E-state index < -0.39 is 0 Å². The zero-order chi connectivity index (χ0) is 27.0. The minimum Gasteiger partial charge on any atom is -0.686 e. The summed E-state index contributed by atoms with van der Waals surface area (Å²) in [7, 11) is 0. The zero-order valence-corrected chi connectivity index (χ0v) is 30.2. The van der Waals surface area contributed by atoms with Crippen molar-refractivity contribution in [3.8, 4) is 0 Å². The molecule has 0 N–H and O–H groups in total. The van der Waals surface area contributed by atoms with Gasteiger partial charge in [0.05, 0.1) is 0 Å². The molecule has 4 nitrogen and oxygen atoms in total. The number of nitrogens with zero attached hydrogens (tertiary/aromatic N) is 4. The van der Waals surface area contributed by atoms with Crippen LogP contribution in [0.15, 0.2) is 23.9 Å². The van der Waals surface area contributed by atoms with Gasteiger partial charge in [-0.05, 0) is 25.7 Å². The van der Waals surface area contributed by atoms with E-state index in [2.05, 4.69) is 66.4 Å². The van der Waals surface area contributed by atoms with Crippen LogP contribution in [-0.2, 0) is 44.7 Å². The molecule has 0 radical (unpaired) electrons. The van der Waals surface area contributed by atoms with Crippen LogP contribution in [0.5, 0.6) is 0 Å². The van der Waals surface area contributed by atoms with Crippen molar-refractivity contribution in [1.29, 1.82) is 0 Å².